The molecule has 0 saturated heterocycles. The van der Waals surface area contributed by atoms with Gasteiger partial charge >= 0.3 is 4.87 Å². The van der Waals surface area contributed by atoms with Crippen molar-refractivity contribution in [3.63, 3.8) is 0 Å². The lowest BCUT2D eigenvalue weighted by Crippen LogP contribution is -2.27. The number of nitrogens with zero attached hydrogens (tertiary/aromatic N) is 1. The Kier molecular flexibility index (Phi) is 5.05. The molecule has 0 saturated carbocycles. The number of aryl methyl sites for hydroxylation is 1. The van der Waals surface area contributed by atoms with Gasteiger partial charge in [0.1, 0.15) is 0 Å². The van der Waals surface area contributed by atoms with Gasteiger partial charge in [-0.1, -0.05) is 56.4 Å². The van der Waals surface area contributed by atoms with Crippen LogP contribution in [0.2, 0.25) is 0 Å². The van der Waals surface area contributed by atoms with Crippen molar-refractivity contribution in [3.05, 3.63) is 63.3 Å². The SMILES string of the molecule is C[C@@H](NS(=O)(=O)c1ccc2c(c1)sc(=O)n2C)c1ccc(C(C)(C)C)cc1. The third-order valence-electron chi connectivity index (χ3n) is 4.68. The summed E-state index contributed by atoms with van der Waals surface area (Å²) in [6.07, 6.45) is 0. The van der Waals surface area contributed by atoms with E-state index in [9.17, 15) is 13.2 Å². The summed E-state index contributed by atoms with van der Waals surface area (Å²) in [6.45, 7) is 8.25. The molecule has 7 heteroatoms. The smallest absolute Gasteiger partial charge is 0.302 e. The van der Waals surface area contributed by atoms with Crippen LogP contribution in [0.4, 0.5) is 0 Å². The van der Waals surface area contributed by atoms with E-state index < -0.39 is 10.0 Å². The van der Waals surface area contributed by atoms with Crippen molar-refractivity contribution in [2.24, 2.45) is 7.05 Å². The van der Waals surface area contributed by atoms with Crippen LogP contribution in [-0.4, -0.2) is 13.0 Å². The molecule has 27 heavy (non-hydrogen) atoms. The average molecular weight is 405 g/mol. The molecule has 2 aromatic carbocycles. The molecule has 3 rings (SSSR count). The van der Waals surface area contributed by atoms with Crippen LogP contribution in [0.15, 0.2) is 52.2 Å². The third kappa shape index (κ3) is 4.00. The van der Waals surface area contributed by atoms with Crippen molar-refractivity contribution in [1.29, 1.82) is 0 Å². The molecule has 1 aromatic heterocycles. The Morgan fingerprint density at radius 1 is 1.07 bits per heavy atom. The van der Waals surface area contributed by atoms with E-state index in [0.717, 1.165) is 22.4 Å². The standard InChI is InChI=1S/C20H24N2O3S2/c1-13(14-6-8-15(9-7-14)20(2,3)4)21-27(24,25)16-10-11-17-18(12-16)26-19(23)22(17)5/h6-13,21H,1-5H3/t13-/m1/s1. The van der Waals surface area contributed by atoms with Gasteiger partial charge in [0.05, 0.1) is 15.1 Å². The maximum atomic E-state index is 12.8. The number of rotatable bonds is 4. The molecule has 0 aliphatic heterocycles. The van der Waals surface area contributed by atoms with Crippen molar-refractivity contribution in [3.8, 4) is 0 Å². The number of thiazole rings is 1. The van der Waals surface area contributed by atoms with Gasteiger partial charge in [0.25, 0.3) is 0 Å². The second-order valence-electron chi connectivity index (χ2n) is 7.77. The van der Waals surface area contributed by atoms with E-state index in [4.69, 9.17) is 0 Å². The zero-order valence-electron chi connectivity index (χ0n) is 16.1. The topological polar surface area (TPSA) is 68.2 Å². The summed E-state index contributed by atoms with van der Waals surface area (Å²) in [5, 5.41) is 0. The van der Waals surface area contributed by atoms with Gasteiger partial charge in [-0.2, -0.15) is 0 Å². The molecule has 0 aliphatic carbocycles. The predicted octanol–water partition coefficient (Wildman–Crippen LogP) is 3.94. The lowest BCUT2D eigenvalue weighted by molar-refractivity contribution is 0.566. The van der Waals surface area contributed by atoms with Crippen LogP contribution >= 0.6 is 11.3 Å². The van der Waals surface area contributed by atoms with Gasteiger partial charge in [0.2, 0.25) is 10.0 Å². The Balaban J connectivity index is 1.86. The highest BCUT2D eigenvalue weighted by atomic mass is 32.2. The highest BCUT2D eigenvalue weighted by Crippen LogP contribution is 2.25. The fourth-order valence-electron chi connectivity index (χ4n) is 2.92. The van der Waals surface area contributed by atoms with Crippen molar-refractivity contribution >= 4 is 31.6 Å². The first-order valence-corrected chi connectivity index (χ1v) is 11.0. The number of nitrogens with one attached hydrogen (secondary N) is 1. The molecule has 0 fully saturated rings. The number of fused-ring (bicyclic) bond motifs is 1. The third-order valence-corrected chi connectivity index (χ3v) is 7.22. The van der Waals surface area contributed by atoms with Crippen molar-refractivity contribution in [2.75, 3.05) is 0 Å². The van der Waals surface area contributed by atoms with Gasteiger partial charge in [-0.05, 0) is 41.7 Å². The average Bonchev–Trinajstić information content (AvgIpc) is 2.88. The van der Waals surface area contributed by atoms with Crippen LogP contribution in [0.3, 0.4) is 0 Å². The second kappa shape index (κ2) is 6.89. The van der Waals surface area contributed by atoms with Crippen LogP contribution in [-0.2, 0) is 22.5 Å². The number of hydrogen-bond acceptors (Lipinski definition) is 4. The first-order chi connectivity index (χ1) is 12.5. The Labute approximate surface area is 163 Å². The molecule has 1 N–H and O–H groups in total. The second-order valence-corrected chi connectivity index (χ2v) is 10.5. The highest BCUT2D eigenvalue weighted by Gasteiger charge is 2.20. The maximum absolute atomic E-state index is 12.8. The van der Waals surface area contributed by atoms with Crippen LogP contribution in [0, 0.1) is 0 Å². The Morgan fingerprint density at radius 3 is 2.30 bits per heavy atom. The summed E-state index contributed by atoms with van der Waals surface area (Å²) in [5.74, 6) is 0. The predicted molar refractivity (Wildman–Crippen MR) is 111 cm³/mol. The Hall–Kier alpha value is -1.96. The van der Waals surface area contributed by atoms with Gasteiger partial charge < -0.3 is 4.57 Å². The first-order valence-electron chi connectivity index (χ1n) is 8.71. The van der Waals surface area contributed by atoms with E-state index in [2.05, 4.69) is 25.5 Å². The molecule has 0 bridgehead atoms. The zero-order valence-corrected chi connectivity index (χ0v) is 17.7. The van der Waals surface area contributed by atoms with Crippen molar-refractivity contribution in [1.82, 2.24) is 9.29 Å². The van der Waals surface area contributed by atoms with Gasteiger partial charge in [-0.3, -0.25) is 4.79 Å². The minimum Gasteiger partial charge on any atom is -0.302 e. The molecule has 0 amide bonds. The molecule has 0 radical (unpaired) electrons. The Bertz CT molecular complexity index is 1130. The van der Waals surface area contributed by atoms with E-state index in [1.165, 1.54) is 16.2 Å². The molecule has 144 valence electrons. The number of hydrogen-bond donors (Lipinski definition) is 1. The number of aromatic nitrogens is 1. The first kappa shape index (κ1) is 19.8. The zero-order chi connectivity index (χ0) is 20.0. The summed E-state index contributed by atoms with van der Waals surface area (Å²) in [5.41, 5.74) is 2.88. The van der Waals surface area contributed by atoms with E-state index >= 15 is 0 Å². The molecule has 1 atom stereocenters. The molecule has 0 spiro atoms. The summed E-state index contributed by atoms with van der Waals surface area (Å²) in [6, 6.07) is 12.4. The maximum Gasteiger partial charge on any atom is 0.307 e. The number of benzene rings is 2. The van der Waals surface area contributed by atoms with E-state index in [1.54, 1.807) is 19.2 Å². The van der Waals surface area contributed by atoms with Crippen LogP contribution in [0.1, 0.15) is 44.9 Å². The van der Waals surface area contributed by atoms with E-state index in [0.29, 0.717) is 4.70 Å². The lowest BCUT2D eigenvalue weighted by atomic mass is 9.86. The Morgan fingerprint density at radius 2 is 1.70 bits per heavy atom. The summed E-state index contributed by atoms with van der Waals surface area (Å²) < 4.78 is 30.5. The molecule has 5 nitrogen and oxygen atoms in total. The fraction of sp³-hybridized carbons (Fsp3) is 0.350. The molecule has 3 aromatic rings. The van der Waals surface area contributed by atoms with E-state index in [1.807, 2.05) is 31.2 Å². The van der Waals surface area contributed by atoms with Gasteiger partial charge in [-0.25, -0.2) is 13.1 Å². The van der Waals surface area contributed by atoms with Gasteiger partial charge in [-0.15, -0.1) is 0 Å². The molecule has 0 aliphatic rings. The molecule has 1 heterocycles. The van der Waals surface area contributed by atoms with Crippen molar-refractivity contribution < 1.29 is 8.42 Å². The minimum atomic E-state index is -3.70. The summed E-state index contributed by atoms with van der Waals surface area (Å²) >= 11 is 1.04. The molecular formula is C20H24N2O3S2. The van der Waals surface area contributed by atoms with Gasteiger partial charge in [0.15, 0.2) is 0 Å². The summed E-state index contributed by atoms with van der Waals surface area (Å²) in [4.78, 5) is 11.8. The summed E-state index contributed by atoms with van der Waals surface area (Å²) in [7, 11) is -2.02. The number of sulfonamides is 1. The van der Waals surface area contributed by atoms with E-state index in [-0.39, 0.29) is 21.2 Å². The molecule has 0 unspecified atom stereocenters. The van der Waals surface area contributed by atoms with Gasteiger partial charge in [0, 0.05) is 13.1 Å². The van der Waals surface area contributed by atoms with Crippen molar-refractivity contribution in [2.45, 2.75) is 44.0 Å². The largest absolute Gasteiger partial charge is 0.307 e. The van der Waals surface area contributed by atoms with Crippen LogP contribution in [0.5, 0.6) is 0 Å². The highest BCUT2D eigenvalue weighted by molar-refractivity contribution is 7.89. The monoisotopic (exact) mass is 404 g/mol. The van der Waals surface area contributed by atoms with Crippen LogP contribution < -0.4 is 9.60 Å². The molecular weight excluding hydrogens is 380 g/mol. The minimum absolute atomic E-state index is 0.0496. The lowest BCUT2D eigenvalue weighted by Gasteiger charge is -2.20. The fourth-order valence-corrected chi connectivity index (χ4v) is 5.17. The van der Waals surface area contributed by atoms with Crippen LogP contribution in [0.25, 0.3) is 10.2 Å². The normalized spacial score (nSPS) is 13.8. The quantitative estimate of drug-likeness (QED) is 0.716.